The third kappa shape index (κ3) is 3.58. The minimum absolute atomic E-state index is 0.0624. The first-order valence-electron chi connectivity index (χ1n) is 5.00. The van der Waals surface area contributed by atoms with Crippen LogP contribution in [-0.4, -0.2) is 32.9 Å². The molecule has 0 aliphatic rings. The van der Waals surface area contributed by atoms with Crippen LogP contribution >= 0.6 is 0 Å². The second kappa shape index (κ2) is 5.42. The van der Waals surface area contributed by atoms with Crippen molar-refractivity contribution in [2.75, 3.05) is 19.3 Å². The molecular formula is C9H17N3O3S. The van der Waals surface area contributed by atoms with E-state index in [1.54, 1.807) is 0 Å². The number of rotatable bonds is 6. The van der Waals surface area contributed by atoms with Crippen molar-refractivity contribution in [1.29, 1.82) is 0 Å². The van der Waals surface area contributed by atoms with Crippen molar-refractivity contribution in [2.24, 2.45) is 0 Å². The fraction of sp³-hybridized carbons (Fsp3) is 0.667. The van der Waals surface area contributed by atoms with E-state index in [-0.39, 0.29) is 5.75 Å². The van der Waals surface area contributed by atoms with Crippen molar-refractivity contribution in [3.05, 3.63) is 17.0 Å². The fourth-order valence-electron chi connectivity index (χ4n) is 1.28. The Morgan fingerprint density at radius 3 is 2.56 bits per heavy atom. The fourth-order valence-corrected chi connectivity index (χ4v) is 1.89. The molecule has 1 heterocycles. The number of hydrogen-bond acceptors (Lipinski definition) is 5. The summed E-state index contributed by atoms with van der Waals surface area (Å²) in [6.45, 7) is 4.66. The van der Waals surface area contributed by atoms with Gasteiger partial charge in [0.1, 0.15) is 5.76 Å². The molecule has 0 aliphatic heterocycles. The molecule has 16 heavy (non-hydrogen) atoms. The van der Waals surface area contributed by atoms with Crippen molar-refractivity contribution in [3.8, 4) is 0 Å². The summed E-state index contributed by atoms with van der Waals surface area (Å²) >= 11 is 0. The third-order valence-electron chi connectivity index (χ3n) is 2.34. The molecule has 0 aliphatic carbocycles. The van der Waals surface area contributed by atoms with E-state index in [1.807, 2.05) is 13.8 Å². The smallest absolute Gasteiger partial charge is 0.212 e. The number of aromatic nitrogens is 1. The van der Waals surface area contributed by atoms with Crippen LogP contribution in [0, 0.1) is 13.8 Å². The zero-order valence-electron chi connectivity index (χ0n) is 9.70. The molecule has 0 aromatic carbocycles. The largest absolute Gasteiger partial charge is 0.361 e. The summed E-state index contributed by atoms with van der Waals surface area (Å²) in [6.07, 6.45) is 0. The normalized spacial score (nSPS) is 11.9. The van der Waals surface area contributed by atoms with Gasteiger partial charge < -0.3 is 9.84 Å². The Labute approximate surface area is 95.4 Å². The predicted molar refractivity (Wildman–Crippen MR) is 60.5 cm³/mol. The monoisotopic (exact) mass is 247 g/mol. The highest BCUT2D eigenvalue weighted by atomic mass is 32.2. The van der Waals surface area contributed by atoms with Gasteiger partial charge in [0.2, 0.25) is 10.0 Å². The minimum atomic E-state index is -3.13. The first-order chi connectivity index (χ1) is 7.46. The van der Waals surface area contributed by atoms with Gasteiger partial charge in [-0.1, -0.05) is 5.16 Å². The molecule has 0 saturated carbocycles. The average Bonchev–Trinajstić information content (AvgIpc) is 2.55. The highest BCUT2D eigenvalue weighted by molar-refractivity contribution is 7.89. The standard InChI is InChI=1S/C9H17N3O3S/c1-7-9(8(2)15-12-7)6-11-4-5-16(13,14)10-3/h10-11H,4-6H2,1-3H3. The minimum Gasteiger partial charge on any atom is -0.361 e. The lowest BCUT2D eigenvalue weighted by Gasteiger charge is -2.04. The lowest BCUT2D eigenvalue weighted by atomic mass is 10.2. The molecule has 0 unspecified atom stereocenters. The molecule has 0 amide bonds. The van der Waals surface area contributed by atoms with Crippen LogP contribution in [0.5, 0.6) is 0 Å². The van der Waals surface area contributed by atoms with Gasteiger partial charge >= 0.3 is 0 Å². The number of nitrogens with zero attached hydrogens (tertiary/aromatic N) is 1. The Bertz CT molecular complexity index is 419. The van der Waals surface area contributed by atoms with Crippen molar-refractivity contribution >= 4 is 10.0 Å². The van der Waals surface area contributed by atoms with Crippen molar-refractivity contribution < 1.29 is 12.9 Å². The zero-order chi connectivity index (χ0) is 12.2. The van der Waals surface area contributed by atoms with E-state index >= 15 is 0 Å². The van der Waals surface area contributed by atoms with E-state index < -0.39 is 10.0 Å². The van der Waals surface area contributed by atoms with Crippen LogP contribution in [0.2, 0.25) is 0 Å². The summed E-state index contributed by atoms with van der Waals surface area (Å²) in [5.41, 5.74) is 1.82. The first kappa shape index (κ1) is 13.1. The number of aryl methyl sites for hydroxylation is 2. The Morgan fingerprint density at radius 1 is 1.38 bits per heavy atom. The van der Waals surface area contributed by atoms with E-state index in [9.17, 15) is 8.42 Å². The van der Waals surface area contributed by atoms with Gasteiger partial charge in [0, 0.05) is 18.7 Å². The van der Waals surface area contributed by atoms with Gasteiger partial charge in [-0.3, -0.25) is 0 Å². The second-order valence-corrected chi connectivity index (χ2v) is 5.55. The van der Waals surface area contributed by atoms with E-state index in [1.165, 1.54) is 7.05 Å². The summed E-state index contributed by atoms with van der Waals surface area (Å²) in [5, 5.41) is 6.85. The average molecular weight is 247 g/mol. The van der Waals surface area contributed by atoms with Gasteiger partial charge in [-0.2, -0.15) is 0 Å². The summed E-state index contributed by atoms with van der Waals surface area (Å²) in [5.74, 6) is 0.828. The third-order valence-corrected chi connectivity index (χ3v) is 3.71. The lowest BCUT2D eigenvalue weighted by molar-refractivity contribution is 0.392. The molecule has 0 bridgehead atoms. The van der Waals surface area contributed by atoms with Gasteiger partial charge in [-0.25, -0.2) is 13.1 Å². The molecule has 1 aromatic heterocycles. The van der Waals surface area contributed by atoms with Crippen molar-refractivity contribution in [3.63, 3.8) is 0 Å². The van der Waals surface area contributed by atoms with Crippen molar-refractivity contribution in [1.82, 2.24) is 15.2 Å². The summed E-state index contributed by atoms with van der Waals surface area (Å²) in [4.78, 5) is 0. The molecule has 0 spiro atoms. The van der Waals surface area contributed by atoms with Crippen LogP contribution in [0.4, 0.5) is 0 Å². The van der Waals surface area contributed by atoms with Crippen LogP contribution in [-0.2, 0) is 16.6 Å². The SMILES string of the molecule is CNS(=O)(=O)CCNCc1c(C)noc1C. The predicted octanol–water partition coefficient (Wildman–Crippen LogP) is -0.0698. The first-order valence-corrected chi connectivity index (χ1v) is 6.65. The number of sulfonamides is 1. The quantitative estimate of drug-likeness (QED) is 0.687. The van der Waals surface area contributed by atoms with E-state index in [0.717, 1.165) is 17.0 Å². The maximum atomic E-state index is 11.1. The topological polar surface area (TPSA) is 84.2 Å². The van der Waals surface area contributed by atoms with Gasteiger partial charge in [0.15, 0.2) is 0 Å². The van der Waals surface area contributed by atoms with Crippen LogP contribution in [0.25, 0.3) is 0 Å². The van der Waals surface area contributed by atoms with Gasteiger partial charge in [0.25, 0.3) is 0 Å². The molecule has 0 atom stereocenters. The second-order valence-electron chi connectivity index (χ2n) is 3.50. The molecule has 2 N–H and O–H groups in total. The molecule has 6 nitrogen and oxygen atoms in total. The molecule has 1 aromatic rings. The molecule has 1 rings (SSSR count). The maximum absolute atomic E-state index is 11.1. The number of hydrogen-bond donors (Lipinski definition) is 2. The molecule has 0 saturated heterocycles. The van der Waals surface area contributed by atoms with Crippen molar-refractivity contribution in [2.45, 2.75) is 20.4 Å². The van der Waals surface area contributed by atoms with E-state index in [4.69, 9.17) is 4.52 Å². The summed E-state index contributed by atoms with van der Waals surface area (Å²) < 4.78 is 29.5. The maximum Gasteiger partial charge on any atom is 0.212 e. The lowest BCUT2D eigenvalue weighted by Crippen LogP contribution is -2.29. The van der Waals surface area contributed by atoms with E-state index in [0.29, 0.717) is 13.1 Å². The highest BCUT2D eigenvalue weighted by Gasteiger charge is 2.09. The summed E-state index contributed by atoms with van der Waals surface area (Å²) in [7, 11) is -1.73. The Hall–Kier alpha value is -0.920. The number of nitrogens with one attached hydrogen (secondary N) is 2. The summed E-state index contributed by atoms with van der Waals surface area (Å²) in [6, 6.07) is 0. The molecular weight excluding hydrogens is 230 g/mol. The Morgan fingerprint density at radius 2 is 2.06 bits per heavy atom. The molecule has 0 radical (unpaired) electrons. The molecule has 0 fully saturated rings. The highest BCUT2D eigenvalue weighted by Crippen LogP contribution is 2.11. The van der Waals surface area contributed by atoms with Gasteiger partial charge in [-0.15, -0.1) is 0 Å². The van der Waals surface area contributed by atoms with Crippen LogP contribution in [0.3, 0.4) is 0 Å². The van der Waals surface area contributed by atoms with Crippen LogP contribution < -0.4 is 10.0 Å². The Balaban J connectivity index is 2.37. The molecule has 7 heteroatoms. The zero-order valence-corrected chi connectivity index (χ0v) is 10.5. The van der Waals surface area contributed by atoms with Gasteiger partial charge in [0.05, 0.1) is 11.4 Å². The van der Waals surface area contributed by atoms with Crippen LogP contribution in [0.1, 0.15) is 17.0 Å². The van der Waals surface area contributed by atoms with Gasteiger partial charge in [-0.05, 0) is 20.9 Å². The Kier molecular flexibility index (Phi) is 4.45. The van der Waals surface area contributed by atoms with Crippen LogP contribution in [0.15, 0.2) is 4.52 Å². The molecule has 92 valence electrons. The van der Waals surface area contributed by atoms with E-state index in [2.05, 4.69) is 15.2 Å².